The molecule has 2 unspecified atom stereocenters. The summed E-state index contributed by atoms with van der Waals surface area (Å²) in [5.74, 6) is -0.169. The quantitative estimate of drug-likeness (QED) is 0.721. The summed E-state index contributed by atoms with van der Waals surface area (Å²) < 4.78 is 5.32. The summed E-state index contributed by atoms with van der Waals surface area (Å²) in [5, 5.41) is 12.2. The number of carbonyl (C=O) groups is 1. The molecule has 0 radical (unpaired) electrons. The SMILES string of the molecule is CC(C)CNC(C(=O)O)C1CCCOC1. The Morgan fingerprint density at radius 2 is 2.33 bits per heavy atom. The van der Waals surface area contributed by atoms with Gasteiger partial charge in [-0.2, -0.15) is 0 Å². The largest absolute Gasteiger partial charge is 0.480 e. The highest BCUT2D eigenvalue weighted by Gasteiger charge is 2.29. The second kappa shape index (κ2) is 6.08. The van der Waals surface area contributed by atoms with Crippen molar-refractivity contribution < 1.29 is 14.6 Å². The van der Waals surface area contributed by atoms with Crippen molar-refractivity contribution in [1.82, 2.24) is 5.32 Å². The van der Waals surface area contributed by atoms with Crippen molar-refractivity contribution in [2.24, 2.45) is 11.8 Å². The highest BCUT2D eigenvalue weighted by Crippen LogP contribution is 2.17. The Balaban J connectivity index is 2.44. The van der Waals surface area contributed by atoms with Gasteiger partial charge >= 0.3 is 5.97 Å². The minimum atomic E-state index is -0.758. The van der Waals surface area contributed by atoms with E-state index in [-0.39, 0.29) is 5.92 Å². The number of hydrogen-bond acceptors (Lipinski definition) is 3. The molecule has 0 aromatic rings. The molecule has 1 aliphatic heterocycles. The molecule has 0 saturated carbocycles. The summed E-state index contributed by atoms with van der Waals surface area (Å²) in [4.78, 5) is 11.1. The van der Waals surface area contributed by atoms with Crippen LogP contribution in [0.4, 0.5) is 0 Å². The summed E-state index contributed by atoms with van der Waals surface area (Å²) >= 11 is 0. The Morgan fingerprint density at radius 1 is 1.60 bits per heavy atom. The number of carboxylic acids is 1. The van der Waals surface area contributed by atoms with Crippen LogP contribution >= 0.6 is 0 Å². The molecule has 15 heavy (non-hydrogen) atoms. The van der Waals surface area contributed by atoms with Crippen LogP contribution in [0.1, 0.15) is 26.7 Å². The molecule has 0 bridgehead atoms. The van der Waals surface area contributed by atoms with E-state index in [9.17, 15) is 4.79 Å². The molecule has 0 amide bonds. The molecule has 1 fully saturated rings. The van der Waals surface area contributed by atoms with Crippen LogP contribution < -0.4 is 5.32 Å². The lowest BCUT2D eigenvalue weighted by molar-refractivity contribution is -0.142. The van der Waals surface area contributed by atoms with Crippen molar-refractivity contribution in [3.8, 4) is 0 Å². The smallest absolute Gasteiger partial charge is 0.321 e. The average Bonchev–Trinajstić information content (AvgIpc) is 2.18. The van der Waals surface area contributed by atoms with Crippen LogP contribution in [-0.4, -0.2) is 36.9 Å². The van der Waals surface area contributed by atoms with Crippen LogP contribution in [0.2, 0.25) is 0 Å². The van der Waals surface area contributed by atoms with Gasteiger partial charge in [0.25, 0.3) is 0 Å². The lowest BCUT2D eigenvalue weighted by Gasteiger charge is -2.28. The second-order valence-electron chi connectivity index (χ2n) is 4.60. The van der Waals surface area contributed by atoms with Gasteiger partial charge in [0.05, 0.1) is 6.61 Å². The van der Waals surface area contributed by atoms with Gasteiger partial charge < -0.3 is 15.2 Å². The van der Waals surface area contributed by atoms with Gasteiger partial charge in [0.1, 0.15) is 6.04 Å². The normalized spacial score (nSPS) is 24.1. The molecule has 2 N–H and O–H groups in total. The van der Waals surface area contributed by atoms with E-state index in [1.165, 1.54) is 0 Å². The maximum absolute atomic E-state index is 11.1. The molecule has 0 aliphatic carbocycles. The summed E-state index contributed by atoms with van der Waals surface area (Å²) in [6, 6.07) is -0.451. The van der Waals surface area contributed by atoms with E-state index in [2.05, 4.69) is 19.2 Å². The Labute approximate surface area is 91.0 Å². The molecule has 4 heteroatoms. The van der Waals surface area contributed by atoms with Crippen molar-refractivity contribution in [3.63, 3.8) is 0 Å². The summed E-state index contributed by atoms with van der Waals surface area (Å²) in [5.41, 5.74) is 0. The molecular weight excluding hydrogens is 194 g/mol. The van der Waals surface area contributed by atoms with E-state index in [4.69, 9.17) is 9.84 Å². The Kier molecular flexibility index (Phi) is 5.05. The summed E-state index contributed by atoms with van der Waals surface area (Å²) in [6.45, 7) is 6.23. The van der Waals surface area contributed by atoms with Gasteiger partial charge in [0.15, 0.2) is 0 Å². The van der Waals surface area contributed by atoms with Crippen LogP contribution in [0.25, 0.3) is 0 Å². The summed E-state index contributed by atoms with van der Waals surface area (Å²) in [6.07, 6.45) is 1.92. The fraction of sp³-hybridized carbons (Fsp3) is 0.909. The standard InChI is InChI=1S/C11H21NO3/c1-8(2)6-12-10(11(13)14)9-4-3-5-15-7-9/h8-10,12H,3-7H2,1-2H3,(H,13,14). The van der Waals surface area contributed by atoms with Crippen LogP contribution in [0.15, 0.2) is 0 Å². The Hall–Kier alpha value is -0.610. The molecule has 0 spiro atoms. The van der Waals surface area contributed by atoms with Gasteiger partial charge in [-0.3, -0.25) is 4.79 Å². The molecule has 1 heterocycles. The van der Waals surface area contributed by atoms with Crippen molar-refractivity contribution in [3.05, 3.63) is 0 Å². The van der Waals surface area contributed by atoms with Crippen molar-refractivity contribution >= 4 is 5.97 Å². The van der Waals surface area contributed by atoms with Gasteiger partial charge in [0, 0.05) is 12.5 Å². The fourth-order valence-corrected chi connectivity index (χ4v) is 1.85. The zero-order valence-electron chi connectivity index (χ0n) is 9.53. The number of rotatable bonds is 5. The zero-order valence-corrected chi connectivity index (χ0v) is 9.53. The van der Waals surface area contributed by atoms with Gasteiger partial charge in [-0.1, -0.05) is 13.8 Å². The first-order valence-corrected chi connectivity index (χ1v) is 5.65. The molecule has 1 rings (SSSR count). The number of nitrogens with one attached hydrogen (secondary N) is 1. The molecule has 1 aliphatic rings. The number of aliphatic carboxylic acids is 1. The zero-order chi connectivity index (χ0) is 11.3. The van der Waals surface area contributed by atoms with E-state index in [1.807, 2.05) is 0 Å². The van der Waals surface area contributed by atoms with Crippen LogP contribution in [-0.2, 0) is 9.53 Å². The maximum Gasteiger partial charge on any atom is 0.321 e. The van der Waals surface area contributed by atoms with Crippen molar-refractivity contribution in [1.29, 1.82) is 0 Å². The van der Waals surface area contributed by atoms with Crippen LogP contribution in [0, 0.1) is 11.8 Å². The highest BCUT2D eigenvalue weighted by molar-refractivity contribution is 5.73. The highest BCUT2D eigenvalue weighted by atomic mass is 16.5. The minimum absolute atomic E-state index is 0.120. The maximum atomic E-state index is 11.1. The molecule has 0 aromatic heterocycles. The Morgan fingerprint density at radius 3 is 2.80 bits per heavy atom. The molecule has 0 aromatic carbocycles. The minimum Gasteiger partial charge on any atom is -0.480 e. The van der Waals surface area contributed by atoms with E-state index >= 15 is 0 Å². The molecule has 2 atom stereocenters. The third kappa shape index (κ3) is 4.18. The lowest BCUT2D eigenvalue weighted by atomic mass is 9.93. The topological polar surface area (TPSA) is 58.6 Å². The molecule has 1 saturated heterocycles. The predicted molar refractivity (Wildman–Crippen MR) is 57.8 cm³/mol. The average molecular weight is 215 g/mol. The molecule has 4 nitrogen and oxygen atoms in total. The monoisotopic (exact) mass is 215 g/mol. The van der Waals surface area contributed by atoms with Gasteiger partial charge in [-0.05, 0) is 25.3 Å². The van der Waals surface area contributed by atoms with Crippen molar-refractivity contribution in [2.45, 2.75) is 32.7 Å². The molecule has 88 valence electrons. The first kappa shape index (κ1) is 12.5. The lowest BCUT2D eigenvalue weighted by Crippen LogP contribution is -2.47. The first-order valence-electron chi connectivity index (χ1n) is 5.65. The van der Waals surface area contributed by atoms with Gasteiger partial charge in [-0.15, -0.1) is 0 Å². The van der Waals surface area contributed by atoms with E-state index < -0.39 is 12.0 Å². The third-order valence-electron chi connectivity index (χ3n) is 2.68. The summed E-state index contributed by atoms with van der Waals surface area (Å²) in [7, 11) is 0. The van der Waals surface area contributed by atoms with Gasteiger partial charge in [-0.25, -0.2) is 0 Å². The second-order valence-corrected chi connectivity index (χ2v) is 4.60. The van der Waals surface area contributed by atoms with Gasteiger partial charge in [0.2, 0.25) is 0 Å². The van der Waals surface area contributed by atoms with E-state index in [1.54, 1.807) is 0 Å². The third-order valence-corrected chi connectivity index (χ3v) is 2.68. The molecular formula is C11H21NO3. The number of carboxylic acid groups (broad SMARTS) is 1. The first-order chi connectivity index (χ1) is 7.11. The van der Waals surface area contributed by atoms with E-state index in [0.29, 0.717) is 12.5 Å². The van der Waals surface area contributed by atoms with Crippen LogP contribution in [0.3, 0.4) is 0 Å². The Bertz CT molecular complexity index is 200. The predicted octanol–water partition coefficient (Wildman–Crippen LogP) is 1.11. The fourth-order valence-electron chi connectivity index (χ4n) is 1.85. The number of hydrogen-bond donors (Lipinski definition) is 2. The number of ether oxygens (including phenoxy) is 1. The van der Waals surface area contributed by atoms with Crippen molar-refractivity contribution in [2.75, 3.05) is 19.8 Å². The van der Waals surface area contributed by atoms with E-state index in [0.717, 1.165) is 26.0 Å². The van der Waals surface area contributed by atoms with Crippen LogP contribution in [0.5, 0.6) is 0 Å².